The molecule has 0 spiro atoms. The zero-order valence-electron chi connectivity index (χ0n) is 16.0. The van der Waals surface area contributed by atoms with Gasteiger partial charge >= 0.3 is 0 Å². The van der Waals surface area contributed by atoms with E-state index in [1.807, 2.05) is 39.4 Å². The zero-order valence-corrected chi connectivity index (χ0v) is 17.6. The predicted octanol–water partition coefficient (Wildman–Crippen LogP) is 2.95. The largest absolute Gasteiger partial charge is 0.354 e. The van der Waals surface area contributed by atoms with Crippen LogP contribution in [-0.4, -0.2) is 41.0 Å². The highest BCUT2D eigenvalue weighted by atomic mass is 32.1. The summed E-state index contributed by atoms with van der Waals surface area (Å²) in [6.07, 6.45) is 1.79. The molecule has 1 N–H and O–H groups in total. The van der Waals surface area contributed by atoms with Crippen LogP contribution in [0, 0.1) is 13.8 Å². The van der Waals surface area contributed by atoms with E-state index in [1.165, 1.54) is 20.8 Å². The molecule has 3 heterocycles. The van der Waals surface area contributed by atoms with Crippen LogP contribution in [0.5, 0.6) is 0 Å². The highest BCUT2D eigenvalue weighted by Gasteiger charge is 2.17. The third-order valence-electron chi connectivity index (χ3n) is 4.72. The van der Waals surface area contributed by atoms with Gasteiger partial charge in [0.1, 0.15) is 4.83 Å². The molecule has 1 atom stereocenters. The Balaban J connectivity index is 1.62. The SMILES string of the molecule is Cc1sc2ncn(CCC(=O)NCC(c3cccs3)N(C)C)c(=O)c2c1C. The Morgan fingerprint density at radius 1 is 1.37 bits per heavy atom. The van der Waals surface area contributed by atoms with Gasteiger partial charge in [0.25, 0.3) is 5.56 Å². The number of aromatic nitrogens is 2. The first-order valence-electron chi connectivity index (χ1n) is 8.80. The molecule has 27 heavy (non-hydrogen) atoms. The summed E-state index contributed by atoms with van der Waals surface area (Å²) in [6.45, 7) is 4.81. The smallest absolute Gasteiger partial charge is 0.262 e. The third kappa shape index (κ3) is 4.28. The Morgan fingerprint density at radius 3 is 2.81 bits per heavy atom. The van der Waals surface area contributed by atoms with Crippen molar-refractivity contribution in [1.29, 1.82) is 0 Å². The summed E-state index contributed by atoms with van der Waals surface area (Å²) in [5.41, 5.74) is 0.912. The van der Waals surface area contributed by atoms with Gasteiger partial charge in [-0.15, -0.1) is 22.7 Å². The van der Waals surface area contributed by atoms with Crippen LogP contribution >= 0.6 is 22.7 Å². The first-order chi connectivity index (χ1) is 12.9. The fourth-order valence-corrected chi connectivity index (χ4v) is 4.88. The first-order valence-corrected chi connectivity index (χ1v) is 10.5. The molecule has 1 unspecified atom stereocenters. The van der Waals surface area contributed by atoms with Crippen molar-refractivity contribution < 1.29 is 4.79 Å². The number of aryl methyl sites for hydroxylation is 3. The molecular formula is C19H24N4O2S2. The van der Waals surface area contributed by atoms with Crippen LogP contribution in [0.3, 0.4) is 0 Å². The molecule has 0 bridgehead atoms. The molecule has 6 nitrogen and oxygen atoms in total. The molecule has 1 amide bonds. The van der Waals surface area contributed by atoms with Crippen molar-refractivity contribution in [1.82, 2.24) is 19.8 Å². The van der Waals surface area contributed by atoms with Crippen LogP contribution in [0.2, 0.25) is 0 Å². The molecule has 0 aliphatic rings. The van der Waals surface area contributed by atoms with Crippen molar-refractivity contribution in [2.24, 2.45) is 0 Å². The van der Waals surface area contributed by atoms with Crippen LogP contribution in [-0.2, 0) is 11.3 Å². The quantitative estimate of drug-likeness (QED) is 0.657. The van der Waals surface area contributed by atoms with Crippen LogP contribution in [0.4, 0.5) is 0 Å². The van der Waals surface area contributed by atoms with Crippen molar-refractivity contribution in [2.45, 2.75) is 32.9 Å². The van der Waals surface area contributed by atoms with Crippen molar-refractivity contribution in [2.75, 3.05) is 20.6 Å². The molecular weight excluding hydrogens is 380 g/mol. The monoisotopic (exact) mass is 404 g/mol. The number of thiophene rings is 2. The van der Waals surface area contributed by atoms with E-state index in [0.717, 1.165) is 15.3 Å². The lowest BCUT2D eigenvalue weighted by molar-refractivity contribution is -0.121. The summed E-state index contributed by atoms with van der Waals surface area (Å²) in [7, 11) is 4.00. The van der Waals surface area contributed by atoms with Crippen LogP contribution in [0.15, 0.2) is 28.6 Å². The fourth-order valence-electron chi connectivity index (χ4n) is 2.97. The minimum Gasteiger partial charge on any atom is -0.354 e. The van der Waals surface area contributed by atoms with Gasteiger partial charge in [0, 0.05) is 29.3 Å². The standard InChI is InChI=1S/C19H24N4O2S2/c1-12-13(2)27-18-17(12)19(25)23(11-21-18)8-7-16(24)20-10-14(22(3)4)15-6-5-9-26-15/h5-6,9,11,14H,7-8,10H2,1-4H3,(H,20,24). The van der Waals surface area contributed by atoms with Crippen LogP contribution in [0.25, 0.3) is 10.2 Å². The van der Waals surface area contributed by atoms with Crippen molar-refractivity contribution in [3.63, 3.8) is 0 Å². The van der Waals surface area contributed by atoms with E-state index in [4.69, 9.17) is 0 Å². The number of likely N-dealkylation sites (N-methyl/N-ethyl adjacent to an activating group) is 1. The van der Waals surface area contributed by atoms with Crippen molar-refractivity contribution >= 4 is 38.8 Å². The van der Waals surface area contributed by atoms with E-state index in [-0.39, 0.29) is 23.9 Å². The second kappa shape index (κ2) is 8.33. The Kier molecular flexibility index (Phi) is 6.08. The van der Waals surface area contributed by atoms with E-state index in [9.17, 15) is 9.59 Å². The van der Waals surface area contributed by atoms with E-state index < -0.39 is 0 Å². The highest BCUT2D eigenvalue weighted by molar-refractivity contribution is 7.18. The average Bonchev–Trinajstić information content (AvgIpc) is 3.24. The molecule has 0 aromatic carbocycles. The van der Waals surface area contributed by atoms with Gasteiger partial charge in [-0.25, -0.2) is 4.98 Å². The molecule has 8 heteroatoms. The number of hydrogen-bond donors (Lipinski definition) is 1. The van der Waals surface area contributed by atoms with Crippen LogP contribution in [0.1, 0.15) is 27.8 Å². The van der Waals surface area contributed by atoms with Crippen molar-refractivity contribution in [3.8, 4) is 0 Å². The molecule has 144 valence electrons. The minimum atomic E-state index is -0.0700. The van der Waals surface area contributed by atoms with Gasteiger partial charge in [0.05, 0.1) is 17.8 Å². The Labute approximate surface area is 166 Å². The number of carbonyl (C=O) groups is 1. The van der Waals surface area contributed by atoms with Gasteiger partial charge in [-0.1, -0.05) is 6.07 Å². The number of rotatable bonds is 7. The lowest BCUT2D eigenvalue weighted by Crippen LogP contribution is -2.35. The number of nitrogens with one attached hydrogen (secondary N) is 1. The van der Waals surface area contributed by atoms with Crippen molar-refractivity contribution in [3.05, 3.63) is 49.5 Å². The number of nitrogens with zero attached hydrogens (tertiary/aromatic N) is 3. The lowest BCUT2D eigenvalue weighted by atomic mass is 10.2. The Hall–Kier alpha value is -2.03. The van der Waals surface area contributed by atoms with Gasteiger partial charge in [-0.2, -0.15) is 0 Å². The zero-order chi connectivity index (χ0) is 19.6. The maximum Gasteiger partial charge on any atom is 0.262 e. The number of fused-ring (bicyclic) bond motifs is 1. The van der Waals surface area contributed by atoms with Gasteiger partial charge in [0.15, 0.2) is 0 Å². The van der Waals surface area contributed by atoms with E-state index in [2.05, 4.69) is 21.3 Å². The number of carbonyl (C=O) groups excluding carboxylic acids is 1. The highest BCUT2D eigenvalue weighted by Crippen LogP contribution is 2.25. The van der Waals surface area contributed by atoms with Gasteiger partial charge in [-0.05, 0) is 45.0 Å². The fraction of sp³-hybridized carbons (Fsp3) is 0.421. The molecule has 0 saturated heterocycles. The van der Waals surface area contributed by atoms with Gasteiger partial charge in [0.2, 0.25) is 5.91 Å². The predicted molar refractivity (Wildman–Crippen MR) is 112 cm³/mol. The second-order valence-corrected chi connectivity index (χ2v) is 8.94. The van der Waals surface area contributed by atoms with Crippen LogP contribution < -0.4 is 10.9 Å². The summed E-state index contributed by atoms with van der Waals surface area (Å²) in [5, 5.41) is 5.70. The number of hydrogen-bond acceptors (Lipinski definition) is 6. The summed E-state index contributed by atoms with van der Waals surface area (Å²) in [6, 6.07) is 4.24. The van der Waals surface area contributed by atoms with E-state index in [0.29, 0.717) is 18.5 Å². The second-order valence-electron chi connectivity index (χ2n) is 6.76. The molecule has 0 fully saturated rings. The summed E-state index contributed by atoms with van der Waals surface area (Å²) in [5.74, 6) is -0.0661. The lowest BCUT2D eigenvalue weighted by Gasteiger charge is -2.23. The molecule has 0 aliphatic heterocycles. The van der Waals surface area contributed by atoms with Gasteiger partial charge < -0.3 is 10.2 Å². The normalized spacial score (nSPS) is 12.6. The molecule has 3 rings (SSSR count). The maximum atomic E-state index is 12.7. The number of amides is 1. The Morgan fingerprint density at radius 2 is 2.15 bits per heavy atom. The summed E-state index contributed by atoms with van der Waals surface area (Å²) >= 11 is 3.21. The van der Waals surface area contributed by atoms with Gasteiger partial charge in [-0.3, -0.25) is 14.2 Å². The maximum absolute atomic E-state index is 12.7. The molecule has 3 aromatic rings. The summed E-state index contributed by atoms with van der Waals surface area (Å²) < 4.78 is 1.53. The van der Waals surface area contributed by atoms with E-state index in [1.54, 1.807) is 17.7 Å². The molecule has 3 aromatic heterocycles. The molecule has 0 aliphatic carbocycles. The first kappa shape index (κ1) is 19.7. The third-order valence-corrected chi connectivity index (χ3v) is 6.81. The molecule has 0 radical (unpaired) electrons. The van der Waals surface area contributed by atoms with E-state index >= 15 is 0 Å². The minimum absolute atomic E-state index is 0.0661. The Bertz CT molecular complexity index is 989. The topological polar surface area (TPSA) is 67.2 Å². The average molecular weight is 405 g/mol. The molecule has 0 saturated carbocycles. The summed E-state index contributed by atoms with van der Waals surface area (Å²) in [4.78, 5) is 34.5.